The number of carbonyl (C=O) groups is 1. The predicted molar refractivity (Wildman–Crippen MR) is 83.9 cm³/mol. The number of rotatable bonds is 2. The standard InChI is InChI=1S/C15H19N3OS/c1-15(7-3-2-4-8-15)13(19)18-14-17-11-6-5-10(16)9-12(11)20-14/h5-6,9H,2-4,7-8,16H2,1H3,(H,17,18,19). The number of nitrogens with two attached hydrogens (primary N) is 1. The van der Waals surface area contributed by atoms with Crippen LogP contribution in [0.1, 0.15) is 39.0 Å². The van der Waals surface area contributed by atoms with Gasteiger partial charge in [0, 0.05) is 11.1 Å². The third kappa shape index (κ3) is 2.50. The average molecular weight is 289 g/mol. The summed E-state index contributed by atoms with van der Waals surface area (Å²) in [5, 5.41) is 3.66. The Balaban J connectivity index is 1.80. The van der Waals surface area contributed by atoms with E-state index in [4.69, 9.17) is 5.73 Å². The molecular formula is C15H19N3OS. The van der Waals surface area contributed by atoms with Crippen molar-refractivity contribution in [3.05, 3.63) is 18.2 Å². The molecule has 0 saturated heterocycles. The summed E-state index contributed by atoms with van der Waals surface area (Å²) in [6.07, 6.45) is 5.46. The van der Waals surface area contributed by atoms with Gasteiger partial charge in [-0.1, -0.05) is 37.5 Å². The molecule has 3 rings (SSSR count). The maximum Gasteiger partial charge on any atom is 0.232 e. The fourth-order valence-corrected chi connectivity index (χ4v) is 3.71. The van der Waals surface area contributed by atoms with Crippen LogP contribution in [0.2, 0.25) is 0 Å². The number of benzene rings is 1. The van der Waals surface area contributed by atoms with Gasteiger partial charge in [-0.3, -0.25) is 4.79 Å². The largest absolute Gasteiger partial charge is 0.399 e. The normalized spacial score (nSPS) is 18.1. The maximum atomic E-state index is 12.5. The van der Waals surface area contributed by atoms with Gasteiger partial charge in [-0.25, -0.2) is 4.98 Å². The first-order chi connectivity index (χ1) is 9.57. The summed E-state index contributed by atoms with van der Waals surface area (Å²) in [5.41, 5.74) is 7.13. The second-order valence-electron chi connectivity index (χ2n) is 5.82. The molecule has 0 aliphatic heterocycles. The first-order valence-corrected chi connectivity index (χ1v) is 7.86. The van der Waals surface area contributed by atoms with Crippen LogP contribution in [0, 0.1) is 5.41 Å². The molecule has 1 aliphatic rings. The van der Waals surface area contributed by atoms with Crippen LogP contribution in [0.15, 0.2) is 18.2 Å². The minimum absolute atomic E-state index is 0.101. The summed E-state index contributed by atoms with van der Waals surface area (Å²) >= 11 is 1.48. The van der Waals surface area contributed by atoms with Crippen LogP contribution in [-0.2, 0) is 4.79 Å². The van der Waals surface area contributed by atoms with Crippen molar-refractivity contribution in [3.63, 3.8) is 0 Å². The van der Waals surface area contributed by atoms with Crippen LogP contribution in [0.5, 0.6) is 0 Å². The van der Waals surface area contributed by atoms with E-state index in [0.29, 0.717) is 5.13 Å². The lowest BCUT2D eigenvalue weighted by Crippen LogP contribution is -2.35. The van der Waals surface area contributed by atoms with Gasteiger partial charge >= 0.3 is 0 Å². The fraction of sp³-hybridized carbons (Fsp3) is 0.467. The fourth-order valence-electron chi connectivity index (χ4n) is 2.80. The molecule has 0 spiro atoms. The highest BCUT2D eigenvalue weighted by Crippen LogP contribution is 2.37. The highest BCUT2D eigenvalue weighted by atomic mass is 32.1. The summed E-state index contributed by atoms with van der Waals surface area (Å²) in [7, 11) is 0. The van der Waals surface area contributed by atoms with Gasteiger partial charge in [0.15, 0.2) is 5.13 Å². The molecule has 0 atom stereocenters. The molecule has 0 bridgehead atoms. The third-order valence-corrected chi connectivity index (χ3v) is 5.07. The van der Waals surface area contributed by atoms with Gasteiger partial charge in [0.25, 0.3) is 0 Å². The molecule has 1 saturated carbocycles. The van der Waals surface area contributed by atoms with Crippen molar-refractivity contribution in [2.24, 2.45) is 5.41 Å². The predicted octanol–water partition coefficient (Wildman–Crippen LogP) is 3.79. The molecule has 1 fully saturated rings. The first-order valence-electron chi connectivity index (χ1n) is 7.04. The smallest absolute Gasteiger partial charge is 0.232 e. The maximum absolute atomic E-state index is 12.5. The lowest BCUT2D eigenvalue weighted by molar-refractivity contribution is -0.126. The lowest BCUT2D eigenvalue weighted by atomic mass is 9.75. The van der Waals surface area contributed by atoms with Gasteiger partial charge in [0.05, 0.1) is 10.2 Å². The highest BCUT2D eigenvalue weighted by molar-refractivity contribution is 7.22. The Labute approximate surface area is 122 Å². The van der Waals surface area contributed by atoms with E-state index in [9.17, 15) is 4.79 Å². The number of amides is 1. The summed E-state index contributed by atoms with van der Waals surface area (Å²) in [5.74, 6) is 0.101. The van der Waals surface area contributed by atoms with Crippen molar-refractivity contribution in [3.8, 4) is 0 Å². The van der Waals surface area contributed by atoms with Crippen molar-refractivity contribution in [1.82, 2.24) is 4.98 Å². The number of hydrogen-bond donors (Lipinski definition) is 2. The quantitative estimate of drug-likeness (QED) is 0.826. The Morgan fingerprint density at radius 3 is 2.85 bits per heavy atom. The van der Waals surface area contributed by atoms with Crippen molar-refractivity contribution >= 4 is 38.3 Å². The van der Waals surface area contributed by atoms with Crippen molar-refractivity contribution in [1.29, 1.82) is 0 Å². The number of carbonyl (C=O) groups excluding carboxylic acids is 1. The Morgan fingerprint density at radius 1 is 1.35 bits per heavy atom. The van der Waals surface area contributed by atoms with Crippen LogP contribution < -0.4 is 11.1 Å². The second kappa shape index (κ2) is 5.05. The molecule has 20 heavy (non-hydrogen) atoms. The Kier molecular flexibility index (Phi) is 3.38. The summed E-state index contributed by atoms with van der Waals surface area (Å²) < 4.78 is 1.01. The van der Waals surface area contributed by atoms with E-state index in [1.165, 1.54) is 17.8 Å². The van der Waals surface area contributed by atoms with Gasteiger partial charge in [-0.15, -0.1) is 0 Å². The molecule has 0 radical (unpaired) electrons. The molecule has 1 aromatic carbocycles. The Hall–Kier alpha value is -1.62. The topological polar surface area (TPSA) is 68.0 Å². The molecule has 4 nitrogen and oxygen atoms in total. The summed E-state index contributed by atoms with van der Waals surface area (Å²) in [6, 6.07) is 5.61. The van der Waals surface area contributed by atoms with Gasteiger partial charge in [-0.05, 0) is 31.0 Å². The molecule has 1 heterocycles. The van der Waals surface area contributed by atoms with Crippen molar-refractivity contribution in [2.45, 2.75) is 39.0 Å². The SMILES string of the molecule is CC1(C(=O)Nc2nc3ccc(N)cc3s2)CCCCC1. The van der Waals surface area contributed by atoms with Crippen LogP contribution in [0.3, 0.4) is 0 Å². The van der Waals surface area contributed by atoms with E-state index >= 15 is 0 Å². The number of nitrogens with one attached hydrogen (secondary N) is 1. The number of fused-ring (bicyclic) bond motifs is 1. The molecule has 5 heteroatoms. The Bertz CT molecular complexity index is 644. The first kappa shape index (κ1) is 13.4. The summed E-state index contributed by atoms with van der Waals surface area (Å²) in [6.45, 7) is 2.06. The van der Waals surface area contributed by atoms with Gasteiger partial charge in [0.2, 0.25) is 5.91 Å². The monoisotopic (exact) mass is 289 g/mol. The molecule has 1 aromatic heterocycles. The second-order valence-corrected chi connectivity index (χ2v) is 6.85. The zero-order chi connectivity index (χ0) is 14.2. The lowest BCUT2D eigenvalue weighted by Gasteiger charge is -2.31. The molecule has 2 aromatic rings. The van der Waals surface area contributed by atoms with E-state index in [1.54, 1.807) is 0 Å². The van der Waals surface area contributed by atoms with E-state index in [0.717, 1.165) is 41.6 Å². The van der Waals surface area contributed by atoms with E-state index < -0.39 is 0 Å². The van der Waals surface area contributed by atoms with Crippen molar-refractivity contribution in [2.75, 3.05) is 11.1 Å². The zero-order valence-corrected chi connectivity index (χ0v) is 12.4. The van der Waals surface area contributed by atoms with Crippen LogP contribution in [0.4, 0.5) is 10.8 Å². The molecule has 1 aliphatic carbocycles. The number of thiazole rings is 1. The Morgan fingerprint density at radius 2 is 2.10 bits per heavy atom. The third-order valence-electron chi connectivity index (χ3n) is 4.14. The highest BCUT2D eigenvalue weighted by Gasteiger charge is 2.34. The minimum Gasteiger partial charge on any atom is -0.399 e. The van der Waals surface area contributed by atoms with Gasteiger partial charge in [0.1, 0.15) is 0 Å². The number of anilines is 2. The zero-order valence-electron chi connectivity index (χ0n) is 11.6. The summed E-state index contributed by atoms with van der Waals surface area (Å²) in [4.78, 5) is 16.9. The van der Waals surface area contributed by atoms with E-state index in [2.05, 4.69) is 17.2 Å². The van der Waals surface area contributed by atoms with E-state index in [-0.39, 0.29) is 11.3 Å². The van der Waals surface area contributed by atoms with Crippen molar-refractivity contribution < 1.29 is 4.79 Å². The number of nitrogen functional groups attached to an aromatic ring is 1. The number of nitrogens with zero attached hydrogens (tertiary/aromatic N) is 1. The molecule has 106 valence electrons. The van der Waals surface area contributed by atoms with Crippen LogP contribution in [-0.4, -0.2) is 10.9 Å². The number of aromatic nitrogens is 1. The van der Waals surface area contributed by atoms with Crippen LogP contribution in [0.25, 0.3) is 10.2 Å². The average Bonchev–Trinajstić information content (AvgIpc) is 2.81. The minimum atomic E-state index is -0.241. The van der Waals surface area contributed by atoms with Gasteiger partial charge < -0.3 is 11.1 Å². The molecule has 0 unspecified atom stereocenters. The molecule has 3 N–H and O–H groups in total. The van der Waals surface area contributed by atoms with Gasteiger partial charge in [-0.2, -0.15) is 0 Å². The molecular weight excluding hydrogens is 270 g/mol. The number of hydrogen-bond acceptors (Lipinski definition) is 4. The van der Waals surface area contributed by atoms with E-state index in [1.807, 2.05) is 18.2 Å². The van der Waals surface area contributed by atoms with Crippen LogP contribution >= 0.6 is 11.3 Å². The molecule has 1 amide bonds.